The minimum Gasteiger partial charge on any atom is -0.444 e. The van der Waals surface area contributed by atoms with Crippen LogP contribution in [-0.2, 0) is 27.3 Å². The van der Waals surface area contributed by atoms with Crippen molar-refractivity contribution in [2.24, 2.45) is 4.99 Å². The first-order chi connectivity index (χ1) is 19.9. The highest BCUT2D eigenvalue weighted by Gasteiger charge is 2.36. The summed E-state index contributed by atoms with van der Waals surface area (Å²) in [5.41, 5.74) is 3.78. The average molecular weight is 572 g/mol. The maximum atomic E-state index is 13.2. The number of carbonyl (C=O) groups is 3. The molecule has 1 unspecified atom stereocenters. The number of rotatable bonds is 9. The van der Waals surface area contributed by atoms with Crippen LogP contribution in [-0.4, -0.2) is 40.7 Å². The summed E-state index contributed by atoms with van der Waals surface area (Å²) in [5, 5.41) is 19.8. The topological polar surface area (TPSA) is 152 Å². The molecule has 1 aliphatic rings. The quantitative estimate of drug-likeness (QED) is 0.183. The number of nitro benzene ring substituents is 1. The molecule has 42 heavy (non-hydrogen) atoms. The number of anilines is 1. The number of hydrogen-bond acceptors (Lipinski definition) is 7. The van der Waals surface area contributed by atoms with Crippen molar-refractivity contribution in [2.75, 3.05) is 11.9 Å². The third-order valence-corrected chi connectivity index (χ3v) is 6.41. The van der Waals surface area contributed by atoms with E-state index in [0.717, 1.165) is 11.1 Å². The number of hydrogen-bond donors (Lipinski definition) is 3. The number of fused-ring (bicyclic) bond motifs is 1. The van der Waals surface area contributed by atoms with Gasteiger partial charge in [0, 0.05) is 43.4 Å². The molecule has 1 aliphatic heterocycles. The van der Waals surface area contributed by atoms with Crippen molar-refractivity contribution in [3.8, 4) is 0 Å². The lowest BCUT2D eigenvalue weighted by molar-refractivity contribution is -0.384. The van der Waals surface area contributed by atoms with E-state index in [9.17, 15) is 24.5 Å². The van der Waals surface area contributed by atoms with E-state index in [4.69, 9.17) is 9.73 Å². The second kappa shape index (κ2) is 12.6. The number of aliphatic imine (C=N–C) groups is 1. The van der Waals surface area contributed by atoms with Gasteiger partial charge in [-0.25, -0.2) is 4.79 Å². The van der Waals surface area contributed by atoms with Crippen molar-refractivity contribution in [3.63, 3.8) is 0 Å². The molecule has 0 radical (unpaired) electrons. The maximum absolute atomic E-state index is 13.2. The third kappa shape index (κ3) is 7.78. The van der Waals surface area contributed by atoms with E-state index in [1.54, 1.807) is 20.8 Å². The molecule has 0 spiro atoms. The predicted molar refractivity (Wildman–Crippen MR) is 159 cm³/mol. The summed E-state index contributed by atoms with van der Waals surface area (Å²) in [6.07, 6.45) is 0.0975. The van der Waals surface area contributed by atoms with Crippen LogP contribution in [0.4, 0.5) is 21.9 Å². The van der Waals surface area contributed by atoms with Crippen LogP contribution < -0.4 is 16.0 Å². The van der Waals surface area contributed by atoms with Gasteiger partial charge in [0.25, 0.3) is 5.69 Å². The Bertz CT molecular complexity index is 1520. The molecule has 0 aliphatic carbocycles. The molecule has 3 amide bonds. The standard InChI is InChI=1S/C31H33N5O6/c1-19(37)33-18-21-5-9-22(10-6-21)28(27-25-17-24(36(40)41)13-14-26(25)35-29(27)38)34-23-11-7-20(8-12-23)15-16-32-30(39)42-31(2,3)4/h5-14,17,27H,15-16,18H2,1-4H3,(H,32,39)(H,33,37)(H,35,38). The Kier molecular flexibility index (Phi) is 8.99. The fourth-order valence-corrected chi connectivity index (χ4v) is 4.45. The van der Waals surface area contributed by atoms with Gasteiger partial charge in [0.15, 0.2) is 0 Å². The molecule has 0 fully saturated rings. The van der Waals surface area contributed by atoms with Crippen molar-refractivity contribution in [1.82, 2.24) is 10.6 Å². The van der Waals surface area contributed by atoms with Crippen molar-refractivity contribution >= 4 is 40.7 Å². The summed E-state index contributed by atoms with van der Waals surface area (Å²) >= 11 is 0. The van der Waals surface area contributed by atoms with Gasteiger partial charge < -0.3 is 20.7 Å². The number of ether oxygens (including phenoxy) is 1. The average Bonchev–Trinajstić information content (AvgIpc) is 3.25. The van der Waals surface area contributed by atoms with Gasteiger partial charge in [0.2, 0.25) is 11.8 Å². The molecule has 11 heteroatoms. The number of benzene rings is 3. The molecule has 218 valence electrons. The van der Waals surface area contributed by atoms with Gasteiger partial charge in [-0.05, 0) is 62.1 Å². The van der Waals surface area contributed by atoms with Crippen LogP contribution in [0.5, 0.6) is 0 Å². The molecule has 0 bridgehead atoms. The fourth-order valence-electron chi connectivity index (χ4n) is 4.45. The summed E-state index contributed by atoms with van der Waals surface area (Å²) in [4.78, 5) is 52.3. The molecular weight excluding hydrogens is 538 g/mol. The number of amides is 3. The van der Waals surface area contributed by atoms with Gasteiger partial charge in [0.05, 0.1) is 16.3 Å². The second-order valence-corrected chi connectivity index (χ2v) is 10.9. The molecular formula is C31H33N5O6. The Hall–Kier alpha value is -5.06. The Labute approximate surface area is 243 Å². The van der Waals surface area contributed by atoms with Crippen LogP contribution >= 0.6 is 0 Å². The van der Waals surface area contributed by atoms with Crippen LogP contribution in [0.15, 0.2) is 71.7 Å². The van der Waals surface area contributed by atoms with E-state index < -0.39 is 22.5 Å². The largest absolute Gasteiger partial charge is 0.444 e. The Morgan fingerprint density at radius 1 is 1.00 bits per heavy atom. The number of non-ortho nitro benzene ring substituents is 1. The highest BCUT2D eigenvalue weighted by molar-refractivity contribution is 6.24. The van der Waals surface area contributed by atoms with E-state index in [-0.39, 0.29) is 17.5 Å². The summed E-state index contributed by atoms with van der Waals surface area (Å²) in [6, 6.07) is 19.0. The summed E-state index contributed by atoms with van der Waals surface area (Å²) in [6.45, 7) is 7.59. The van der Waals surface area contributed by atoms with E-state index in [0.29, 0.717) is 47.7 Å². The van der Waals surface area contributed by atoms with Crippen LogP contribution in [0.25, 0.3) is 0 Å². The highest BCUT2D eigenvalue weighted by Crippen LogP contribution is 2.38. The fraction of sp³-hybridized carbons (Fsp3) is 0.290. The van der Waals surface area contributed by atoms with Crippen molar-refractivity contribution in [1.29, 1.82) is 0 Å². The molecule has 11 nitrogen and oxygen atoms in total. The molecule has 3 N–H and O–H groups in total. The van der Waals surface area contributed by atoms with Gasteiger partial charge in [-0.1, -0.05) is 36.4 Å². The molecule has 3 aromatic rings. The number of nitrogens with zero attached hydrogens (tertiary/aromatic N) is 2. The summed E-state index contributed by atoms with van der Waals surface area (Å²) in [5.74, 6) is -1.36. The highest BCUT2D eigenvalue weighted by atomic mass is 16.6. The lowest BCUT2D eigenvalue weighted by Gasteiger charge is -2.19. The molecule has 4 rings (SSSR count). The number of carbonyl (C=O) groups excluding carboxylic acids is 3. The first-order valence-corrected chi connectivity index (χ1v) is 13.5. The smallest absolute Gasteiger partial charge is 0.407 e. The molecule has 3 aromatic carbocycles. The van der Waals surface area contributed by atoms with Crippen LogP contribution in [0.2, 0.25) is 0 Å². The zero-order chi connectivity index (χ0) is 30.4. The normalized spacial score (nSPS) is 14.5. The van der Waals surface area contributed by atoms with E-state index in [1.165, 1.54) is 25.1 Å². The van der Waals surface area contributed by atoms with Gasteiger partial charge in [-0.15, -0.1) is 0 Å². The Morgan fingerprint density at radius 2 is 1.67 bits per heavy atom. The van der Waals surface area contributed by atoms with E-state index in [1.807, 2.05) is 48.5 Å². The molecule has 1 heterocycles. The first kappa shape index (κ1) is 29.9. The lowest BCUT2D eigenvalue weighted by Crippen LogP contribution is -2.33. The summed E-state index contributed by atoms with van der Waals surface area (Å²) in [7, 11) is 0. The number of alkyl carbamates (subject to hydrolysis) is 1. The van der Waals surface area contributed by atoms with Gasteiger partial charge >= 0.3 is 6.09 Å². The molecule has 0 aromatic heterocycles. The van der Waals surface area contributed by atoms with E-state index >= 15 is 0 Å². The van der Waals surface area contributed by atoms with Crippen LogP contribution in [0, 0.1) is 10.1 Å². The summed E-state index contributed by atoms with van der Waals surface area (Å²) < 4.78 is 5.26. The van der Waals surface area contributed by atoms with Crippen LogP contribution in [0.1, 0.15) is 55.9 Å². The molecule has 0 saturated carbocycles. The first-order valence-electron chi connectivity index (χ1n) is 13.5. The number of nitro groups is 1. The zero-order valence-electron chi connectivity index (χ0n) is 23.9. The molecule has 1 atom stereocenters. The van der Waals surface area contributed by atoms with Gasteiger partial charge in [-0.3, -0.25) is 24.7 Å². The van der Waals surface area contributed by atoms with Crippen LogP contribution in [0.3, 0.4) is 0 Å². The maximum Gasteiger partial charge on any atom is 0.407 e. The van der Waals surface area contributed by atoms with Gasteiger partial charge in [-0.2, -0.15) is 0 Å². The van der Waals surface area contributed by atoms with E-state index in [2.05, 4.69) is 16.0 Å². The lowest BCUT2D eigenvalue weighted by atomic mass is 9.90. The SMILES string of the molecule is CC(=O)NCc1ccc(C(=Nc2ccc(CCNC(=O)OC(C)(C)C)cc2)C2C(=O)Nc3ccc([N+](=O)[O-])cc32)cc1. The Morgan fingerprint density at radius 3 is 2.29 bits per heavy atom. The second-order valence-electron chi connectivity index (χ2n) is 10.9. The van der Waals surface area contributed by atoms with Crippen molar-refractivity contribution in [3.05, 3.63) is 99.1 Å². The van der Waals surface area contributed by atoms with Crippen molar-refractivity contribution in [2.45, 2.75) is 52.2 Å². The zero-order valence-corrected chi connectivity index (χ0v) is 23.9. The Balaban J connectivity index is 1.62. The van der Waals surface area contributed by atoms with Gasteiger partial charge in [0.1, 0.15) is 11.5 Å². The third-order valence-electron chi connectivity index (χ3n) is 6.41. The predicted octanol–water partition coefficient (Wildman–Crippen LogP) is 5.15. The van der Waals surface area contributed by atoms with Crippen molar-refractivity contribution < 1.29 is 24.0 Å². The number of nitrogens with one attached hydrogen (secondary N) is 3. The monoisotopic (exact) mass is 571 g/mol. The molecule has 0 saturated heterocycles. The minimum absolute atomic E-state index is 0.121. The minimum atomic E-state index is -0.876.